The third-order valence-corrected chi connectivity index (χ3v) is 4.29. The molecule has 0 aliphatic heterocycles. The quantitative estimate of drug-likeness (QED) is 0.730. The average Bonchev–Trinajstić information content (AvgIpc) is 3.32. The largest absolute Gasteiger partial charge is 0.331 e. The van der Waals surface area contributed by atoms with E-state index in [1.807, 2.05) is 10.7 Å². The number of nitrogens with zero attached hydrogens (tertiary/aromatic N) is 4. The molecule has 0 saturated heterocycles. The van der Waals surface area contributed by atoms with Crippen molar-refractivity contribution in [1.82, 2.24) is 19.7 Å². The molecule has 0 aromatic carbocycles. The van der Waals surface area contributed by atoms with Crippen LogP contribution in [-0.2, 0) is 0 Å². The predicted octanol–water partition coefficient (Wildman–Crippen LogP) is 3.70. The van der Waals surface area contributed by atoms with Crippen LogP contribution in [0.25, 0.3) is 11.0 Å². The van der Waals surface area contributed by atoms with E-state index < -0.39 is 0 Å². The molecule has 1 saturated carbocycles. The van der Waals surface area contributed by atoms with E-state index in [0.717, 1.165) is 29.6 Å². The van der Waals surface area contributed by atoms with E-state index in [1.54, 1.807) is 23.2 Å². The maximum atomic E-state index is 13.1. The van der Waals surface area contributed by atoms with Gasteiger partial charge >= 0.3 is 0 Å². The second kappa shape index (κ2) is 6.59. The van der Waals surface area contributed by atoms with Gasteiger partial charge in [0, 0.05) is 30.7 Å². The zero-order valence-corrected chi connectivity index (χ0v) is 14.4. The second-order valence-corrected chi connectivity index (χ2v) is 6.58. The standard InChI is InChI=1S/C19H24N4O/c1-5-9-22(10-6-2)19(24)15-11-17(14-7-8-14)21-18-16(15)12-20-23(18)13(3)4/h5-6,11-14H,1-2,7-10H2,3-4H3. The van der Waals surface area contributed by atoms with Crippen molar-refractivity contribution in [3.8, 4) is 0 Å². The van der Waals surface area contributed by atoms with Crippen LogP contribution in [0.2, 0.25) is 0 Å². The first-order valence-electron chi connectivity index (χ1n) is 8.46. The summed E-state index contributed by atoms with van der Waals surface area (Å²) in [5.74, 6) is 0.455. The summed E-state index contributed by atoms with van der Waals surface area (Å²) in [5.41, 5.74) is 2.48. The molecule has 0 N–H and O–H groups in total. The van der Waals surface area contributed by atoms with Gasteiger partial charge in [-0.2, -0.15) is 5.10 Å². The molecule has 2 heterocycles. The minimum absolute atomic E-state index is 0.0209. The van der Waals surface area contributed by atoms with E-state index in [4.69, 9.17) is 4.98 Å². The summed E-state index contributed by atoms with van der Waals surface area (Å²) in [4.78, 5) is 19.6. The van der Waals surface area contributed by atoms with E-state index in [-0.39, 0.29) is 11.9 Å². The lowest BCUT2D eigenvalue weighted by molar-refractivity contribution is 0.0792. The molecule has 5 heteroatoms. The number of rotatable bonds is 7. The molecule has 1 aliphatic rings. The maximum Gasteiger partial charge on any atom is 0.255 e. The summed E-state index contributed by atoms with van der Waals surface area (Å²) in [6.45, 7) is 12.6. The van der Waals surface area contributed by atoms with Gasteiger partial charge in [-0.1, -0.05) is 12.2 Å². The van der Waals surface area contributed by atoms with Crippen LogP contribution in [0.3, 0.4) is 0 Å². The highest BCUT2D eigenvalue weighted by molar-refractivity contribution is 6.05. The molecular formula is C19H24N4O. The summed E-state index contributed by atoms with van der Waals surface area (Å²) in [6, 6.07) is 2.15. The number of aromatic nitrogens is 3. The van der Waals surface area contributed by atoms with Gasteiger partial charge in [-0.3, -0.25) is 4.79 Å². The van der Waals surface area contributed by atoms with Gasteiger partial charge in [-0.15, -0.1) is 13.2 Å². The van der Waals surface area contributed by atoms with Crippen LogP contribution in [0.15, 0.2) is 37.6 Å². The summed E-state index contributed by atoms with van der Waals surface area (Å²) < 4.78 is 1.89. The topological polar surface area (TPSA) is 51.0 Å². The number of fused-ring (bicyclic) bond motifs is 1. The second-order valence-electron chi connectivity index (χ2n) is 6.58. The first-order valence-corrected chi connectivity index (χ1v) is 8.46. The molecule has 5 nitrogen and oxygen atoms in total. The molecule has 1 fully saturated rings. The summed E-state index contributed by atoms with van der Waals surface area (Å²) in [6.07, 6.45) is 7.51. The number of amides is 1. The Morgan fingerprint density at radius 1 is 1.38 bits per heavy atom. The van der Waals surface area contributed by atoms with Crippen LogP contribution in [0.5, 0.6) is 0 Å². The van der Waals surface area contributed by atoms with Gasteiger partial charge in [0.05, 0.1) is 17.1 Å². The molecule has 0 spiro atoms. The molecule has 24 heavy (non-hydrogen) atoms. The van der Waals surface area contributed by atoms with Gasteiger partial charge in [-0.25, -0.2) is 9.67 Å². The molecule has 3 rings (SSSR count). The third kappa shape index (κ3) is 2.98. The zero-order valence-electron chi connectivity index (χ0n) is 14.4. The Hall–Kier alpha value is -2.43. The van der Waals surface area contributed by atoms with Crippen LogP contribution in [-0.4, -0.2) is 38.7 Å². The number of pyridine rings is 1. The van der Waals surface area contributed by atoms with E-state index >= 15 is 0 Å². The van der Waals surface area contributed by atoms with Crippen molar-refractivity contribution in [2.24, 2.45) is 0 Å². The minimum Gasteiger partial charge on any atom is -0.331 e. The molecular weight excluding hydrogens is 300 g/mol. The van der Waals surface area contributed by atoms with Crippen molar-refractivity contribution < 1.29 is 4.79 Å². The van der Waals surface area contributed by atoms with E-state index in [9.17, 15) is 4.79 Å². The number of carbonyl (C=O) groups is 1. The highest BCUT2D eigenvalue weighted by Gasteiger charge is 2.29. The van der Waals surface area contributed by atoms with Crippen molar-refractivity contribution in [3.05, 3.63) is 48.8 Å². The zero-order chi connectivity index (χ0) is 17.3. The molecule has 0 unspecified atom stereocenters. The lowest BCUT2D eigenvalue weighted by atomic mass is 10.1. The van der Waals surface area contributed by atoms with Crippen molar-refractivity contribution >= 4 is 16.9 Å². The van der Waals surface area contributed by atoms with Gasteiger partial charge in [0.15, 0.2) is 5.65 Å². The van der Waals surface area contributed by atoms with Crippen LogP contribution in [0.4, 0.5) is 0 Å². The van der Waals surface area contributed by atoms with Crippen LogP contribution in [0, 0.1) is 0 Å². The molecule has 2 aromatic heterocycles. The normalized spacial score (nSPS) is 14.1. The Morgan fingerprint density at radius 2 is 2.04 bits per heavy atom. The summed E-state index contributed by atoms with van der Waals surface area (Å²) >= 11 is 0. The van der Waals surface area contributed by atoms with E-state index in [0.29, 0.717) is 24.6 Å². The first kappa shape index (κ1) is 16.4. The molecule has 1 amide bonds. The SMILES string of the molecule is C=CCN(CC=C)C(=O)c1cc(C2CC2)nc2c1cnn2C(C)C. The predicted molar refractivity (Wildman–Crippen MR) is 96.2 cm³/mol. The van der Waals surface area contributed by atoms with Crippen molar-refractivity contribution in [2.75, 3.05) is 13.1 Å². The van der Waals surface area contributed by atoms with Gasteiger partial charge in [-0.05, 0) is 32.8 Å². The lowest BCUT2D eigenvalue weighted by Gasteiger charge is -2.20. The van der Waals surface area contributed by atoms with Crippen molar-refractivity contribution in [2.45, 2.75) is 38.6 Å². The number of hydrogen-bond acceptors (Lipinski definition) is 3. The highest BCUT2D eigenvalue weighted by Crippen LogP contribution is 2.40. The summed E-state index contributed by atoms with van der Waals surface area (Å²) in [5, 5.41) is 5.27. The van der Waals surface area contributed by atoms with Gasteiger partial charge in [0.2, 0.25) is 0 Å². The average molecular weight is 324 g/mol. The van der Waals surface area contributed by atoms with Crippen LogP contribution in [0.1, 0.15) is 54.7 Å². The molecule has 126 valence electrons. The van der Waals surface area contributed by atoms with Crippen LogP contribution >= 0.6 is 0 Å². The fourth-order valence-corrected chi connectivity index (χ4v) is 2.90. The van der Waals surface area contributed by atoms with E-state index in [1.165, 1.54) is 0 Å². The molecule has 0 radical (unpaired) electrons. The van der Waals surface area contributed by atoms with Crippen molar-refractivity contribution in [3.63, 3.8) is 0 Å². The highest BCUT2D eigenvalue weighted by atomic mass is 16.2. The van der Waals surface area contributed by atoms with Gasteiger partial charge < -0.3 is 4.90 Å². The Bertz CT molecular complexity index is 776. The Labute approximate surface area is 142 Å². The Kier molecular flexibility index (Phi) is 4.51. The first-order chi connectivity index (χ1) is 11.6. The van der Waals surface area contributed by atoms with Gasteiger partial charge in [0.25, 0.3) is 5.91 Å². The summed E-state index contributed by atoms with van der Waals surface area (Å²) in [7, 11) is 0. The Morgan fingerprint density at radius 3 is 2.58 bits per heavy atom. The fraction of sp³-hybridized carbons (Fsp3) is 0.421. The molecule has 0 atom stereocenters. The smallest absolute Gasteiger partial charge is 0.255 e. The minimum atomic E-state index is -0.0209. The third-order valence-electron chi connectivity index (χ3n) is 4.29. The Balaban J connectivity index is 2.12. The molecule has 1 aliphatic carbocycles. The monoisotopic (exact) mass is 324 g/mol. The fourth-order valence-electron chi connectivity index (χ4n) is 2.90. The van der Waals surface area contributed by atoms with Crippen LogP contribution < -0.4 is 0 Å². The van der Waals surface area contributed by atoms with Gasteiger partial charge in [0.1, 0.15) is 0 Å². The number of carbonyl (C=O) groups excluding carboxylic acids is 1. The number of hydrogen-bond donors (Lipinski definition) is 0. The van der Waals surface area contributed by atoms with E-state index in [2.05, 4.69) is 32.1 Å². The van der Waals surface area contributed by atoms with Crippen molar-refractivity contribution in [1.29, 1.82) is 0 Å². The molecule has 0 bridgehead atoms. The lowest BCUT2D eigenvalue weighted by Crippen LogP contribution is -2.31. The maximum absolute atomic E-state index is 13.1. The molecule has 2 aromatic rings.